The van der Waals surface area contributed by atoms with Gasteiger partial charge in [-0.25, -0.2) is 0 Å². The highest BCUT2D eigenvalue weighted by atomic mass is 35.5. The van der Waals surface area contributed by atoms with E-state index >= 15 is 0 Å². The van der Waals surface area contributed by atoms with E-state index in [-0.39, 0.29) is 5.91 Å². The number of benzene rings is 1. The van der Waals surface area contributed by atoms with Crippen LogP contribution in [0.4, 0.5) is 0 Å². The Morgan fingerprint density at radius 1 is 1.33 bits per heavy atom. The molecule has 96 valence electrons. The lowest BCUT2D eigenvalue weighted by atomic mass is 10.2. The summed E-state index contributed by atoms with van der Waals surface area (Å²) >= 11 is 11.7. The molecular weight excluding hydrogens is 269 g/mol. The lowest BCUT2D eigenvalue weighted by Gasteiger charge is -1.99. The summed E-state index contributed by atoms with van der Waals surface area (Å²) in [6.45, 7) is 2.58. The second kappa shape index (κ2) is 7.96. The topological polar surface area (TPSA) is 29.1 Å². The zero-order valence-corrected chi connectivity index (χ0v) is 11.6. The van der Waals surface area contributed by atoms with Crippen molar-refractivity contribution in [3.05, 3.63) is 52.0 Å². The number of nitrogens with one attached hydrogen (secondary N) is 1. The Morgan fingerprint density at radius 3 is 2.78 bits per heavy atom. The molecule has 0 radical (unpaired) electrons. The highest BCUT2D eigenvalue weighted by molar-refractivity contribution is 6.42. The van der Waals surface area contributed by atoms with Crippen LogP contribution in [0, 0.1) is 0 Å². The van der Waals surface area contributed by atoms with E-state index in [2.05, 4.69) is 5.32 Å². The number of hydrogen-bond donors (Lipinski definition) is 1. The maximum absolute atomic E-state index is 11.5. The maximum Gasteiger partial charge on any atom is 0.244 e. The first kappa shape index (κ1) is 14.8. The molecule has 1 rings (SSSR count). The highest BCUT2D eigenvalue weighted by Gasteiger charge is 1.98. The first-order chi connectivity index (χ1) is 8.63. The van der Waals surface area contributed by atoms with Crippen molar-refractivity contribution in [2.75, 3.05) is 6.54 Å². The smallest absolute Gasteiger partial charge is 0.244 e. The van der Waals surface area contributed by atoms with E-state index in [0.29, 0.717) is 16.6 Å². The fourth-order valence-corrected chi connectivity index (χ4v) is 1.60. The Hall–Kier alpha value is -1.25. The number of carbonyl (C=O) groups is 1. The third-order valence-corrected chi connectivity index (χ3v) is 2.96. The maximum atomic E-state index is 11.5. The molecule has 1 amide bonds. The van der Waals surface area contributed by atoms with Gasteiger partial charge >= 0.3 is 0 Å². The number of allylic oxidation sites excluding steroid dienone is 1. The molecule has 1 N–H and O–H groups in total. The van der Waals surface area contributed by atoms with Gasteiger partial charge in [0.15, 0.2) is 0 Å². The molecule has 0 aliphatic carbocycles. The molecule has 18 heavy (non-hydrogen) atoms. The van der Waals surface area contributed by atoms with E-state index in [1.165, 1.54) is 6.08 Å². The minimum atomic E-state index is -0.120. The van der Waals surface area contributed by atoms with Crippen LogP contribution >= 0.6 is 23.2 Å². The lowest BCUT2D eigenvalue weighted by Crippen LogP contribution is -2.21. The van der Waals surface area contributed by atoms with Gasteiger partial charge in [0.1, 0.15) is 0 Å². The summed E-state index contributed by atoms with van der Waals surface area (Å²) in [6.07, 6.45) is 7.98. The average Bonchev–Trinajstić information content (AvgIpc) is 2.36. The minimum Gasteiger partial charge on any atom is -0.352 e. The van der Waals surface area contributed by atoms with Crippen molar-refractivity contribution in [2.24, 2.45) is 0 Å². The second-order valence-corrected chi connectivity index (χ2v) is 4.47. The number of carbonyl (C=O) groups excluding carboxylic acids is 1. The van der Waals surface area contributed by atoms with Crippen molar-refractivity contribution in [1.29, 1.82) is 0 Å². The summed E-state index contributed by atoms with van der Waals surface area (Å²) in [7, 11) is 0. The molecule has 0 aliphatic rings. The number of halogens is 2. The van der Waals surface area contributed by atoms with Gasteiger partial charge in [-0.15, -0.1) is 0 Å². The first-order valence-electron chi connectivity index (χ1n) is 5.65. The van der Waals surface area contributed by atoms with Gasteiger partial charge < -0.3 is 5.32 Å². The summed E-state index contributed by atoms with van der Waals surface area (Å²) in [5.74, 6) is -0.120. The van der Waals surface area contributed by atoms with Crippen LogP contribution < -0.4 is 5.32 Å². The minimum absolute atomic E-state index is 0.120. The molecule has 0 heterocycles. The molecule has 0 bridgehead atoms. The first-order valence-corrected chi connectivity index (χ1v) is 6.41. The van der Waals surface area contributed by atoms with E-state index in [4.69, 9.17) is 23.2 Å². The molecule has 0 saturated carbocycles. The fourth-order valence-electron chi connectivity index (χ4n) is 1.29. The van der Waals surface area contributed by atoms with Crippen molar-refractivity contribution >= 4 is 35.2 Å². The van der Waals surface area contributed by atoms with Crippen molar-refractivity contribution in [3.63, 3.8) is 0 Å². The molecule has 0 aliphatic heterocycles. The van der Waals surface area contributed by atoms with Gasteiger partial charge in [0.05, 0.1) is 10.0 Å². The molecule has 0 aromatic heterocycles. The molecule has 1 aromatic carbocycles. The van der Waals surface area contributed by atoms with Gasteiger partial charge in [-0.05, 0) is 37.1 Å². The predicted octanol–water partition coefficient (Wildman–Crippen LogP) is 4.09. The third-order valence-electron chi connectivity index (χ3n) is 2.22. The van der Waals surface area contributed by atoms with Crippen molar-refractivity contribution < 1.29 is 4.79 Å². The van der Waals surface area contributed by atoms with Crippen LogP contribution in [-0.2, 0) is 4.79 Å². The normalized spacial score (nSPS) is 11.3. The van der Waals surface area contributed by atoms with Gasteiger partial charge in [0.25, 0.3) is 0 Å². The molecule has 0 unspecified atom stereocenters. The third kappa shape index (κ3) is 5.39. The molecule has 2 nitrogen and oxygen atoms in total. The monoisotopic (exact) mass is 283 g/mol. The molecular formula is C14H15Cl2NO. The molecule has 0 spiro atoms. The Bertz CT molecular complexity index is 467. The van der Waals surface area contributed by atoms with Crippen LogP contribution in [0.3, 0.4) is 0 Å². The number of hydrogen-bond acceptors (Lipinski definition) is 1. The largest absolute Gasteiger partial charge is 0.352 e. The van der Waals surface area contributed by atoms with Crippen LogP contribution in [-0.4, -0.2) is 12.5 Å². The summed E-state index contributed by atoms with van der Waals surface area (Å²) in [6, 6.07) is 5.22. The zero-order chi connectivity index (χ0) is 13.4. The van der Waals surface area contributed by atoms with Crippen LogP contribution in [0.25, 0.3) is 6.08 Å². The number of rotatable bonds is 5. The molecule has 0 fully saturated rings. The van der Waals surface area contributed by atoms with Gasteiger partial charge in [-0.1, -0.05) is 41.4 Å². The van der Waals surface area contributed by atoms with Crippen molar-refractivity contribution in [2.45, 2.75) is 13.3 Å². The summed E-state index contributed by atoms with van der Waals surface area (Å²) in [5.41, 5.74) is 0.841. The van der Waals surface area contributed by atoms with Crippen molar-refractivity contribution in [1.82, 2.24) is 5.32 Å². The molecule has 1 aromatic rings. The highest BCUT2D eigenvalue weighted by Crippen LogP contribution is 2.22. The van der Waals surface area contributed by atoms with Crippen LogP contribution in [0.1, 0.15) is 18.9 Å². The van der Waals surface area contributed by atoms with Crippen molar-refractivity contribution in [3.8, 4) is 0 Å². The van der Waals surface area contributed by atoms with Gasteiger partial charge in [-0.2, -0.15) is 0 Å². The van der Waals surface area contributed by atoms with Gasteiger partial charge in [0.2, 0.25) is 5.91 Å². The lowest BCUT2D eigenvalue weighted by molar-refractivity contribution is -0.116. The summed E-state index contributed by atoms with van der Waals surface area (Å²) in [4.78, 5) is 11.5. The van der Waals surface area contributed by atoms with E-state index in [1.807, 2.05) is 19.1 Å². The van der Waals surface area contributed by atoms with Crippen LogP contribution in [0.2, 0.25) is 10.0 Å². The van der Waals surface area contributed by atoms with E-state index < -0.39 is 0 Å². The van der Waals surface area contributed by atoms with Gasteiger partial charge in [-0.3, -0.25) is 4.79 Å². The van der Waals surface area contributed by atoms with E-state index in [9.17, 15) is 4.79 Å². The fraction of sp³-hybridized carbons (Fsp3) is 0.214. The zero-order valence-electron chi connectivity index (χ0n) is 10.1. The van der Waals surface area contributed by atoms with Gasteiger partial charge in [0, 0.05) is 12.6 Å². The van der Waals surface area contributed by atoms with E-state index in [1.54, 1.807) is 24.3 Å². The average molecular weight is 284 g/mol. The van der Waals surface area contributed by atoms with E-state index in [0.717, 1.165) is 12.0 Å². The Morgan fingerprint density at radius 2 is 2.11 bits per heavy atom. The molecule has 4 heteroatoms. The predicted molar refractivity (Wildman–Crippen MR) is 77.9 cm³/mol. The SMILES string of the molecule is C/C=C/CCNC(=O)/C=C/c1ccc(Cl)c(Cl)c1. The number of amides is 1. The Balaban J connectivity index is 2.47. The summed E-state index contributed by atoms with van der Waals surface area (Å²) < 4.78 is 0. The van der Waals surface area contributed by atoms with Crippen LogP contribution in [0.15, 0.2) is 36.4 Å². The Labute approximate surface area is 117 Å². The molecule has 0 saturated heterocycles. The van der Waals surface area contributed by atoms with Crippen LogP contribution in [0.5, 0.6) is 0 Å². The Kier molecular flexibility index (Phi) is 6.55. The quantitative estimate of drug-likeness (QED) is 0.492. The molecule has 0 atom stereocenters. The summed E-state index contributed by atoms with van der Waals surface area (Å²) in [5, 5.41) is 3.76. The second-order valence-electron chi connectivity index (χ2n) is 3.66. The standard InChI is InChI=1S/C14H15Cl2NO/c1-2-3-4-9-17-14(18)8-6-11-5-7-12(15)13(16)10-11/h2-3,5-8,10H,4,9H2,1H3,(H,17,18)/b3-2+,8-6+.